The van der Waals surface area contributed by atoms with Gasteiger partial charge in [-0.3, -0.25) is 5.21 Å². The van der Waals surface area contributed by atoms with E-state index in [2.05, 4.69) is 11.8 Å². The summed E-state index contributed by atoms with van der Waals surface area (Å²) in [5.74, 6) is 6.15. The van der Waals surface area contributed by atoms with Gasteiger partial charge in [-0.05, 0) is 19.8 Å². The molecule has 0 aromatic heterocycles. The van der Waals surface area contributed by atoms with E-state index < -0.39 is 12.1 Å². The number of hydrogen-bond acceptors (Lipinski definition) is 2. The predicted octanol–water partition coefficient (Wildman–Crippen LogP) is 0.558. The summed E-state index contributed by atoms with van der Waals surface area (Å²) in [6.07, 6.45) is 2.25. The highest BCUT2D eigenvalue weighted by Gasteiger charge is 2.19. The highest BCUT2D eigenvalue weighted by molar-refractivity contribution is 5.71. The molecular formula is C8H12N2O2. The number of amides is 2. The fraction of sp³-hybridized carbons (Fsp3) is 0.625. The number of hydrogen-bond donors (Lipinski definition) is 2. The van der Waals surface area contributed by atoms with Crippen LogP contribution in [0.4, 0.5) is 4.79 Å². The maximum Gasteiger partial charge on any atom is 0.339 e. The van der Waals surface area contributed by atoms with Gasteiger partial charge in [-0.15, -0.1) is 0 Å². The third kappa shape index (κ3) is 2.44. The van der Waals surface area contributed by atoms with E-state index >= 15 is 0 Å². The summed E-state index contributed by atoms with van der Waals surface area (Å²) in [5, 5.41) is 9.42. The molecule has 0 aromatic rings. The lowest BCUT2D eigenvalue weighted by molar-refractivity contribution is -0.0536. The highest BCUT2D eigenvalue weighted by Crippen LogP contribution is 2.27. The Labute approximate surface area is 71.3 Å². The maximum atomic E-state index is 10.4. The molecule has 0 spiro atoms. The van der Waals surface area contributed by atoms with Gasteiger partial charge in [0, 0.05) is 5.92 Å². The molecular weight excluding hydrogens is 156 g/mol. The lowest BCUT2D eigenvalue weighted by Gasteiger charge is -2.14. The van der Waals surface area contributed by atoms with E-state index in [-0.39, 0.29) is 0 Å². The Morgan fingerprint density at radius 2 is 2.33 bits per heavy atom. The Hall–Kier alpha value is -1.21. The number of primary amides is 1. The van der Waals surface area contributed by atoms with Gasteiger partial charge >= 0.3 is 6.03 Å². The summed E-state index contributed by atoms with van der Waals surface area (Å²) in [7, 11) is 0. The molecule has 0 aromatic carbocycles. The van der Waals surface area contributed by atoms with Gasteiger partial charge in [0.2, 0.25) is 0 Å². The van der Waals surface area contributed by atoms with Crippen molar-refractivity contribution in [2.24, 2.45) is 11.7 Å². The van der Waals surface area contributed by atoms with E-state index in [1.165, 1.54) is 0 Å². The first-order valence-electron chi connectivity index (χ1n) is 3.90. The quantitative estimate of drug-likeness (QED) is 0.341. The maximum absolute atomic E-state index is 10.4. The van der Waals surface area contributed by atoms with Crippen LogP contribution in [0.1, 0.15) is 19.8 Å². The van der Waals surface area contributed by atoms with Gasteiger partial charge in [0.15, 0.2) is 0 Å². The number of urea groups is 1. The average Bonchev–Trinajstić information content (AvgIpc) is 2.81. The molecule has 12 heavy (non-hydrogen) atoms. The number of nitrogens with two attached hydrogens (primary N) is 1. The van der Waals surface area contributed by atoms with E-state index in [4.69, 9.17) is 10.9 Å². The number of nitrogens with zero attached hydrogens (tertiary/aromatic N) is 1. The molecule has 2 amide bonds. The molecule has 1 saturated carbocycles. The smallest absolute Gasteiger partial charge is 0.339 e. The molecule has 1 aliphatic rings. The minimum Gasteiger partial charge on any atom is -0.350 e. The van der Waals surface area contributed by atoms with Crippen molar-refractivity contribution in [3.8, 4) is 11.8 Å². The summed E-state index contributed by atoms with van der Waals surface area (Å²) in [4.78, 5) is 10.4. The molecule has 66 valence electrons. The van der Waals surface area contributed by atoms with E-state index in [1.54, 1.807) is 6.92 Å². The Morgan fingerprint density at radius 3 is 2.75 bits per heavy atom. The molecule has 0 aliphatic heterocycles. The zero-order valence-corrected chi connectivity index (χ0v) is 6.95. The topological polar surface area (TPSA) is 66.6 Å². The monoisotopic (exact) mass is 168 g/mol. The number of carbonyl (C=O) groups excluding carboxylic acids is 1. The van der Waals surface area contributed by atoms with Crippen LogP contribution in [0.15, 0.2) is 0 Å². The van der Waals surface area contributed by atoms with Crippen LogP contribution in [0.25, 0.3) is 0 Å². The van der Waals surface area contributed by atoms with E-state index in [0.29, 0.717) is 11.0 Å². The summed E-state index contributed by atoms with van der Waals surface area (Å²) in [5.41, 5.74) is 4.83. The molecule has 1 unspecified atom stereocenters. The van der Waals surface area contributed by atoms with Crippen molar-refractivity contribution < 1.29 is 10.0 Å². The van der Waals surface area contributed by atoms with Crippen molar-refractivity contribution in [3.05, 3.63) is 0 Å². The third-order valence-corrected chi connectivity index (χ3v) is 1.67. The number of hydroxylamine groups is 2. The second-order valence-electron chi connectivity index (χ2n) is 2.92. The van der Waals surface area contributed by atoms with Crippen LogP contribution < -0.4 is 5.73 Å². The molecule has 3 N–H and O–H groups in total. The Morgan fingerprint density at radius 1 is 1.75 bits per heavy atom. The first-order valence-corrected chi connectivity index (χ1v) is 3.90. The number of carbonyl (C=O) groups is 1. The predicted molar refractivity (Wildman–Crippen MR) is 43.2 cm³/mol. The zero-order chi connectivity index (χ0) is 9.14. The molecule has 4 nitrogen and oxygen atoms in total. The molecule has 0 saturated heterocycles. The summed E-state index contributed by atoms with van der Waals surface area (Å²) < 4.78 is 0. The van der Waals surface area contributed by atoms with Gasteiger partial charge in [0.05, 0.1) is 0 Å². The lowest BCUT2D eigenvalue weighted by Crippen LogP contribution is -2.38. The average molecular weight is 168 g/mol. The fourth-order valence-corrected chi connectivity index (χ4v) is 0.718. The highest BCUT2D eigenvalue weighted by atomic mass is 16.5. The zero-order valence-electron chi connectivity index (χ0n) is 6.95. The minimum atomic E-state index is -0.868. The molecule has 0 bridgehead atoms. The second kappa shape index (κ2) is 3.46. The normalized spacial score (nSPS) is 17.5. The van der Waals surface area contributed by atoms with Gasteiger partial charge in [-0.2, -0.15) is 5.06 Å². The summed E-state index contributed by atoms with van der Waals surface area (Å²) in [6.45, 7) is 1.63. The van der Waals surface area contributed by atoms with Crippen molar-refractivity contribution in [2.75, 3.05) is 0 Å². The molecule has 1 aliphatic carbocycles. The molecule has 0 heterocycles. The molecule has 4 heteroatoms. The standard InChI is InChI=1S/C8H12N2O2/c1-6(10(12)8(9)11)2-3-7-4-5-7/h6-7,12H,4-5H2,1H3,(H2,9,11). The molecule has 1 fully saturated rings. The Kier molecular flexibility index (Phi) is 2.56. The van der Waals surface area contributed by atoms with Crippen molar-refractivity contribution in [1.29, 1.82) is 0 Å². The minimum absolute atomic E-state index is 0.440. The second-order valence-corrected chi connectivity index (χ2v) is 2.92. The van der Waals surface area contributed by atoms with Gasteiger partial charge in [-0.25, -0.2) is 4.79 Å². The van der Waals surface area contributed by atoms with E-state index in [1.807, 2.05) is 0 Å². The van der Waals surface area contributed by atoms with Crippen LogP contribution in [0, 0.1) is 17.8 Å². The van der Waals surface area contributed by atoms with Crippen molar-refractivity contribution in [3.63, 3.8) is 0 Å². The van der Waals surface area contributed by atoms with Gasteiger partial charge < -0.3 is 5.73 Å². The van der Waals surface area contributed by atoms with Crippen molar-refractivity contribution >= 4 is 6.03 Å². The SMILES string of the molecule is CC(C#CC1CC1)N(O)C(N)=O. The van der Waals surface area contributed by atoms with E-state index in [0.717, 1.165) is 12.8 Å². The molecule has 1 atom stereocenters. The first-order chi connectivity index (χ1) is 5.61. The van der Waals surface area contributed by atoms with Crippen LogP contribution in [-0.4, -0.2) is 22.3 Å². The lowest BCUT2D eigenvalue weighted by atomic mass is 10.3. The summed E-state index contributed by atoms with van der Waals surface area (Å²) in [6, 6.07) is -1.38. The molecule has 0 radical (unpaired) electrons. The third-order valence-electron chi connectivity index (χ3n) is 1.67. The van der Waals surface area contributed by atoms with Crippen LogP contribution in [0.2, 0.25) is 0 Å². The Balaban J connectivity index is 2.41. The first kappa shape index (κ1) is 8.88. The van der Waals surface area contributed by atoms with Crippen LogP contribution in [-0.2, 0) is 0 Å². The van der Waals surface area contributed by atoms with Crippen LogP contribution in [0.5, 0.6) is 0 Å². The van der Waals surface area contributed by atoms with Crippen LogP contribution >= 0.6 is 0 Å². The van der Waals surface area contributed by atoms with Crippen molar-refractivity contribution in [1.82, 2.24) is 5.06 Å². The molecule has 1 rings (SSSR count). The Bertz CT molecular complexity index is 237. The van der Waals surface area contributed by atoms with E-state index in [9.17, 15) is 4.79 Å². The number of rotatable bonds is 1. The largest absolute Gasteiger partial charge is 0.350 e. The van der Waals surface area contributed by atoms with Gasteiger partial charge in [-0.1, -0.05) is 11.8 Å². The van der Waals surface area contributed by atoms with Crippen molar-refractivity contribution in [2.45, 2.75) is 25.8 Å². The fourth-order valence-electron chi connectivity index (χ4n) is 0.718. The van der Waals surface area contributed by atoms with Gasteiger partial charge in [0.1, 0.15) is 6.04 Å². The summed E-state index contributed by atoms with van der Waals surface area (Å²) >= 11 is 0. The van der Waals surface area contributed by atoms with Gasteiger partial charge in [0.25, 0.3) is 0 Å². The van der Waals surface area contributed by atoms with Crippen LogP contribution in [0.3, 0.4) is 0 Å².